The molecule has 3 aromatic rings. The molecule has 4 atom stereocenters. The van der Waals surface area contributed by atoms with Crippen molar-refractivity contribution in [2.75, 3.05) is 31.6 Å². The zero-order chi connectivity index (χ0) is 49.3. The van der Waals surface area contributed by atoms with Gasteiger partial charge in [0, 0.05) is 24.2 Å². The molecule has 0 radical (unpaired) electrons. The molecule has 0 aromatic heterocycles. The predicted molar refractivity (Wildman–Crippen MR) is 246 cm³/mol. The zero-order valence-electron chi connectivity index (χ0n) is 38.6. The van der Waals surface area contributed by atoms with Crippen molar-refractivity contribution in [2.45, 2.75) is 96.9 Å². The van der Waals surface area contributed by atoms with E-state index >= 15 is 0 Å². The molecule has 67 heavy (non-hydrogen) atoms. The van der Waals surface area contributed by atoms with Gasteiger partial charge in [0.05, 0.1) is 12.5 Å². The third kappa shape index (κ3) is 17.3. The van der Waals surface area contributed by atoms with Crippen LogP contribution in [0, 0.1) is 11.8 Å². The lowest BCUT2D eigenvalue weighted by Crippen LogP contribution is -2.55. The molecule has 1 aliphatic carbocycles. The van der Waals surface area contributed by atoms with Crippen LogP contribution in [0.3, 0.4) is 0 Å². The number of amides is 8. The summed E-state index contributed by atoms with van der Waals surface area (Å²) in [6.07, 6.45) is -0.899. The molecule has 0 saturated heterocycles. The average Bonchev–Trinajstić information content (AvgIpc) is 3.58. The summed E-state index contributed by atoms with van der Waals surface area (Å²) in [6, 6.07) is 18.7. The van der Waals surface area contributed by atoms with E-state index in [1.54, 1.807) is 58.9 Å². The predicted octanol–water partition coefficient (Wildman–Crippen LogP) is 3.83. The Kier molecular flexibility index (Phi) is 19.5. The van der Waals surface area contributed by atoms with Crippen molar-refractivity contribution >= 4 is 53.5 Å². The summed E-state index contributed by atoms with van der Waals surface area (Å²) >= 11 is 0. The maximum absolute atomic E-state index is 13.6. The summed E-state index contributed by atoms with van der Waals surface area (Å²) in [5, 5.41) is 25.0. The fourth-order valence-corrected chi connectivity index (χ4v) is 7.26. The Hall–Kier alpha value is -7.22. The van der Waals surface area contributed by atoms with Crippen LogP contribution in [0.2, 0.25) is 0 Å². The minimum Gasteiger partial charge on any atom is -0.481 e. The molecule has 20 nitrogen and oxygen atoms in total. The summed E-state index contributed by atoms with van der Waals surface area (Å²) < 4.78 is 10.7. The van der Waals surface area contributed by atoms with Gasteiger partial charge in [-0.2, -0.15) is 5.48 Å². The van der Waals surface area contributed by atoms with Crippen molar-refractivity contribution < 1.29 is 57.8 Å². The van der Waals surface area contributed by atoms with Crippen LogP contribution in [-0.4, -0.2) is 103 Å². The van der Waals surface area contributed by atoms with Gasteiger partial charge in [-0.25, -0.2) is 14.4 Å². The van der Waals surface area contributed by atoms with E-state index in [2.05, 4.69) is 37.4 Å². The first-order valence-corrected chi connectivity index (χ1v) is 21.9. The Bertz CT molecular complexity index is 2180. The molecular formula is C47H62N8O12. The van der Waals surface area contributed by atoms with Gasteiger partial charge in [0.15, 0.2) is 6.61 Å². The number of benzene rings is 3. The number of carboxylic acids is 1. The van der Waals surface area contributed by atoms with Crippen molar-refractivity contribution in [3.05, 3.63) is 89.5 Å². The van der Waals surface area contributed by atoms with Crippen LogP contribution in [0.4, 0.5) is 20.1 Å². The number of aliphatic carboxylic acids is 1. The van der Waals surface area contributed by atoms with Crippen molar-refractivity contribution in [1.29, 1.82) is 0 Å². The highest BCUT2D eigenvalue weighted by molar-refractivity contribution is 5.98. The summed E-state index contributed by atoms with van der Waals surface area (Å²) in [6.45, 7) is 8.99. The highest BCUT2D eigenvalue weighted by Gasteiger charge is 2.31. The van der Waals surface area contributed by atoms with Crippen LogP contribution >= 0.6 is 0 Å². The highest BCUT2D eigenvalue weighted by Crippen LogP contribution is 2.44. The van der Waals surface area contributed by atoms with Crippen LogP contribution in [-0.2, 0) is 44.7 Å². The van der Waals surface area contributed by atoms with Gasteiger partial charge in [0.25, 0.3) is 0 Å². The van der Waals surface area contributed by atoms with Crippen molar-refractivity contribution in [3.63, 3.8) is 0 Å². The number of primary amides is 1. The van der Waals surface area contributed by atoms with Gasteiger partial charge in [-0.3, -0.25) is 28.8 Å². The molecule has 0 aliphatic heterocycles. The molecule has 0 bridgehead atoms. The summed E-state index contributed by atoms with van der Waals surface area (Å²) in [5.41, 5.74) is 11.8. The van der Waals surface area contributed by atoms with E-state index in [1.807, 2.05) is 48.5 Å². The fraction of sp³-hybridized carbons (Fsp3) is 0.447. The van der Waals surface area contributed by atoms with Gasteiger partial charge in [0.1, 0.15) is 24.3 Å². The third-order valence-electron chi connectivity index (χ3n) is 10.5. The first kappa shape index (κ1) is 52.4. The van der Waals surface area contributed by atoms with Crippen LogP contribution in [0.15, 0.2) is 72.8 Å². The number of hydrogen-bond acceptors (Lipinski definition) is 11. The van der Waals surface area contributed by atoms with Crippen LogP contribution in [0.1, 0.15) is 83.4 Å². The second-order valence-electron chi connectivity index (χ2n) is 17.5. The number of carboxylic acid groups (broad SMARTS) is 1. The topological polar surface area (TPSA) is 295 Å². The first-order chi connectivity index (χ1) is 31.7. The number of nitrogens with two attached hydrogens (primary N) is 1. The summed E-state index contributed by atoms with van der Waals surface area (Å²) in [7, 11) is 0. The van der Waals surface area contributed by atoms with Gasteiger partial charge in [-0.05, 0) is 92.3 Å². The Morgan fingerprint density at radius 1 is 0.761 bits per heavy atom. The molecule has 3 aromatic carbocycles. The van der Waals surface area contributed by atoms with Crippen LogP contribution in [0.25, 0.3) is 11.1 Å². The number of nitrogens with one attached hydrogen (secondary N) is 7. The minimum atomic E-state index is -1.14. The quantitative estimate of drug-likeness (QED) is 0.0485. The number of urea groups is 1. The number of fused-ring (bicyclic) bond motifs is 3. The molecule has 1 aliphatic rings. The normalized spacial score (nSPS) is 13.6. The number of carbonyl (C=O) groups is 8. The van der Waals surface area contributed by atoms with E-state index in [-0.39, 0.29) is 44.8 Å². The Morgan fingerprint density at radius 2 is 1.39 bits per heavy atom. The maximum atomic E-state index is 13.6. The zero-order valence-corrected chi connectivity index (χ0v) is 38.6. The van der Waals surface area contributed by atoms with E-state index in [4.69, 9.17) is 20.0 Å². The third-order valence-corrected chi connectivity index (χ3v) is 10.5. The number of alkyl carbamates (subject to hydrolysis) is 1. The van der Waals surface area contributed by atoms with Crippen molar-refractivity contribution in [3.8, 4) is 11.1 Å². The maximum Gasteiger partial charge on any atom is 0.431 e. The Morgan fingerprint density at radius 3 is 1.97 bits per heavy atom. The molecular weight excluding hydrogens is 869 g/mol. The van der Waals surface area contributed by atoms with Crippen LogP contribution < -0.4 is 43.1 Å². The average molecular weight is 931 g/mol. The largest absolute Gasteiger partial charge is 0.481 e. The second-order valence-corrected chi connectivity index (χ2v) is 17.5. The number of rotatable bonds is 23. The van der Waals surface area contributed by atoms with Gasteiger partial charge in [0.2, 0.25) is 23.6 Å². The molecule has 10 N–H and O–H groups in total. The highest BCUT2D eigenvalue weighted by atomic mass is 16.7. The second kappa shape index (κ2) is 24.9. The van der Waals surface area contributed by atoms with E-state index in [0.29, 0.717) is 5.69 Å². The molecule has 0 unspecified atom stereocenters. The fourth-order valence-electron chi connectivity index (χ4n) is 7.26. The van der Waals surface area contributed by atoms with Gasteiger partial charge >= 0.3 is 24.2 Å². The molecule has 362 valence electrons. The molecule has 0 heterocycles. The number of ether oxygens (including phenoxy) is 2. The van der Waals surface area contributed by atoms with E-state index in [9.17, 15) is 43.5 Å². The van der Waals surface area contributed by atoms with E-state index in [1.165, 1.54) is 6.92 Å². The van der Waals surface area contributed by atoms with Crippen LogP contribution in [0.5, 0.6) is 0 Å². The summed E-state index contributed by atoms with van der Waals surface area (Å²) in [4.78, 5) is 105. The lowest BCUT2D eigenvalue weighted by Gasteiger charge is -2.25. The van der Waals surface area contributed by atoms with E-state index < -0.39 is 96.5 Å². The smallest absolute Gasteiger partial charge is 0.431 e. The molecule has 20 heteroatoms. The standard InChI is InChI=1S/C47H62N8O12/c1-27(2)40(54-38(56)24-50-39(57)26-66-55-46(64)65-25-36-34-14-9-7-12-32(34)33-13-8-10-15-35(33)36)42(59)53-37(16-11-21-49-44(48)62)41(58)51-30-19-17-29(18-20-30)23-31(22-28(3)43(60)61)52-45(63)67-47(4,5)6/h7-10,12-15,17-20,27-28,31,36-37,40H,11,16,21-26H2,1-6H3,(H,50,57)(H,51,58)(H,52,63)(H,53,59)(H,54,56)(H,55,64)(H,60,61)(H3,48,49,62)/t28-,31+,37-,40-/m0/s1. The lowest BCUT2D eigenvalue weighted by atomic mass is 9.96. The van der Waals surface area contributed by atoms with Gasteiger partial charge < -0.3 is 52.2 Å². The monoisotopic (exact) mass is 930 g/mol. The van der Waals surface area contributed by atoms with E-state index in [0.717, 1.165) is 27.8 Å². The molecule has 0 saturated carbocycles. The first-order valence-electron chi connectivity index (χ1n) is 21.9. The van der Waals surface area contributed by atoms with Crippen molar-refractivity contribution in [2.24, 2.45) is 17.6 Å². The molecule has 8 amide bonds. The Labute approximate surface area is 389 Å². The van der Waals surface area contributed by atoms with Crippen molar-refractivity contribution in [1.82, 2.24) is 32.1 Å². The Balaban J connectivity index is 1.27. The molecule has 0 spiro atoms. The molecule has 0 fully saturated rings. The minimum absolute atomic E-state index is 0.0326. The summed E-state index contributed by atoms with van der Waals surface area (Å²) in [5.74, 6) is -5.19. The number of hydrogen-bond donors (Lipinski definition) is 9. The molecule has 4 rings (SSSR count). The number of carbonyl (C=O) groups excluding carboxylic acids is 7. The van der Waals surface area contributed by atoms with Gasteiger partial charge in [-0.15, -0.1) is 0 Å². The van der Waals surface area contributed by atoms with Gasteiger partial charge in [-0.1, -0.05) is 81.4 Å². The number of anilines is 1. The number of hydroxylamine groups is 1. The SMILES string of the molecule is CC(C)[C@H](NC(=O)CNC(=O)CONC(=O)OCC1c2ccccc2-c2ccccc21)C(=O)N[C@@H](CCCNC(N)=O)C(=O)Nc1ccc(C[C@@H](C[C@H](C)C(=O)O)NC(=O)OC(C)(C)C)cc1. The lowest BCUT2D eigenvalue weighted by molar-refractivity contribution is -0.141.